The molecule has 0 spiro atoms. The summed E-state index contributed by atoms with van der Waals surface area (Å²) in [5.74, 6) is 0.500. The van der Waals surface area contributed by atoms with Crippen molar-refractivity contribution in [3.8, 4) is 22.1 Å². The Kier molecular flexibility index (Phi) is 6.40. The van der Waals surface area contributed by atoms with Crippen molar-refractivity contribution in [3.05, 3.63) is 53.3 Å². The molecule has 8 nitrogen and oxygen atoms in total. The third kappa shape index (κ3) is 4.88. The number of nitrogens with one attached hydrogen (secondary N) is 2. The highest BCUT2D eigenvalue weighted by Crippen LogP contribution is 2.34. The predicted octanol–water partition coefficient (Wildman–Crippen LogP) is 2.90. The van der Waals surface area contributed by atoms with Crippen molar-refractivity contribution in [2.45, 2.75) is 6.92 Å². The van der Waals surface area contributed by atoms with Crippen LogP contribution in [0.3, 0.4) is 0 Å². The third-order valence-corrected chi connectivity index (χ3v) is 5.19. The van der Waals surface area contributed by atoms with Gasteiger partial charge in [-0.2, -0.15) is 0 Å². The standard InChI is InChI=1S/C20H20N4O4S/c1-12-18(19(26)22-11-17(25)24-14-5-4-8-21-10-14)29-20(23-12)13-6-7-15(27-2)16(9-13)28-3/h4-10H,11H2,1-3H3,(H,22,26)(H,24,25). The first kappa shape index (κ1) is 20.3. The van der Waals surface area contributed by atoms with Crippen LogP contribution in [-0.4, -0.2) is 42.5 Å². The topological polar surface area (TPSA) is 102 Å². The molecule has 29 heavy (non-hydrogen) atoms. The van der Waals surface area contributed by atoms with E-state index < -0.39 is 0 Å². The largest absolute Gasteiger partial charge is 0.493 e. The first-order valence-corrected chi connectivity index (χ1v) is 9.51. The van der Waals surface area contributed by atoms with Crippen LogP contribution >= 0.6 is 11.3 Å². The molecule has 0 atom stereocenters. The second-order valence-electron chi connectivity index (χ2n) is 5.98. The number of hydrogen-bond donors (Lipinski definition) is 2. The molecule has 9 heteroatoms. The molecule has 0 saturated heterocycles. The Hall–Kier alpha value is -3.46. The van der Waals surface area contributed by atoms with Crippen molar-refractivity contribution < 1.29 is 19.1 Å². The third-order valence-electron chi connectivity index (χ3n) is 3.99. The second-order valence-corrected chi connectivity index (χ2v) is 6.97. The lowest BCUT2D eigenvalue weighted by atomic mass is 10.2. The zero-order valence-corrected chi connectivity index (χ0v) is 17.0. The zero-order valence-electron chi connectivity index (χ0n) is 16.2. The van der Waals surface area contributed by atoms with Gasteiger partial charge in [-0.15, -0.1) is 11.3 Å². The summed E-state index contributed by atoms with van der Waals surface area (Å²) in [6.07, 6.45) is 3.14. The highest BCUT2D eigenvalue weighted by Gasteiger charge is 2.18. The molecule has 0 bridgehead atoms. The molecule has 0 fully saturated rings. The van der Waals surface area contributed by atoms with Crippen LogP contribution in [0.25, 0.3) is 10.6 Å². The average Bonchev–Trinajstić information content (AvgIpc) is 3.14. The van der Waals surface area contributed by atoms with Crippen molar-refractivity contribution in [3.63, 3.8) is 0 Å². The van der Waals surface area contributed by atoms with E-state index in [1.165, 1.54) is 17.5 Å². The van der Waals surface area contributed by atoms with Gasteiger partial charge in [0.1, 0.15) is 9.88 Å². The van der Waals surface area contributed by atoms with E-state index in [-0.39, 0.29) is 18.4 Å². The number of rotatable bonds is 7. The highest BCUT2D eigenvalue weighted by atomic mass is 32.1. The van der Waals surface area contributed by atoms with Gasteiger partial charge in [0.05, 0.1) is 38.3 Å². The van der Waals surface area contributed by atoms with Gasteiger partial charge in [-0.1, -0.05) is 0 Å². The van der Waals surface area contributed by atoms with E-state index >= 15 is 0 Å². The molecular formula is C20H20N4O4S. The molecule has 0 unspecified atom stereocenters. The summed E-state index contributed by atoms with van der Waals surface area (Å²) in [6.45, 7) is 1.60. The quantitative estimate of drug-likeness (QED) is 0.619. The van der Waals surface area contributed by atoms with Crippen molar-refractivity contribution in [1.82, 2.24) is 15.3 Å². The molecule has 0 radical (unpaired) electrons. The molecule has 2 aromatic heterocycles. The molecule has 0 saturated carbocycles. The molecular weight excluding hydrogens is 392 g/mol. The van der Waals surface area contributed by atoms with Crippen LogP contribution in [0.2, 0.25) is 0 Å². The molecule has 3 aromatic rings. The molecule has 2 heterocycles. The van der Waals surface area contributed by atoms with E-state index in [1.807, 2.05) is 6.07 Å². The van der Waals surface area contributed by atoms with Gasteiger partial charge < -0.3 is 20.1 Å². The number of anilines is 1. The normalized spacial score (nSPS) is 10.3. The summed E-state index contributed by atoms with van der Waals surface area (Å²) in [5.41, 5.74) is 1.96. The number of benzene rings is 1. The lowest BCUT2D eigenvalue weighted by Gasteiger charge is -2.08. The highest BCUT2D eigenvalue weighted by molar-refractivity contribution is 7.17. The first-order valence-electron chi connectivity index (χ1n) is 8.69. The minimum atomic E-state index is -0.354. The minimum Gasteiger partial charge on any atom is -0.493 e. The number of hydrogen-bond acceptors (Lipinski definition) is 7. The second kappa shape index (κ2) is 9.16. The Bertz CT molecular complexity index is 1020. The number of aromatic nitrogens is 2. The van der Waals surface area contributed by atoms with Crippen molar-refractivity contribution in [2.75, 3.05) is 26.1 Å². The maximum absolute atomic E-state index is 12.5. The molecule has 0 aliphatic rings. The van der Waals surface area contributed by atoms with Crippen molar-refractivity contribution in [2.24, 2.45) is 0 Å². The van der Waals surface area contributed by atoms with Crippen LogP contribution in [0.5, 0.6) is 11.5 Å². The molecule has 150 valence electrons. The molecule has 0 aliphatic heterocycles. The van der Waals surface area contributed by atoms with E-state index in [0.717, 1.165) is 5.56 Å². The number of nitrogens with zero attached hydrogens (tertiary/aromatic N) is 2. The SMILES string of the molecule is COc1ccc(-c2nc(C)c(C(=O)NCC(=O)Nc3cccnc3)s2)cc1OC. The number of pyridine rings is 1. The Labute approximate surface area is 171 Å². The molecule has 0 aliphatic carbocycles. The Morgan fingerprint density at radius 1 is 1.14 bits per heavy atom. The van der Waals surface area contributed by atoms with Crippen molar-refractivity contribution >= 4 is 28.8 Å². The Morgan fingerprint density at radius 3 is 2.62 bits per heavy atom. The van der Waals surface area contributed by atoms with Crippen molar-refractivity contribution in [1.29, 1.82) is 0 Å². The number of thiazole rings is 1. The number of ether oxygens (including phenoxy) is 2. The maximum Gasteiger partial charge on any atom is 0.263 e. The summed E-state index contributed by atoms with van der Waals surface area (Å²) in [4.78, 5) is 33.4. The number of amides is 2. The van der Waals surface area contributed by atoms with E-state index in [0.29, 0.717) is 32.8 Å². The number of methoxy groups -OCH3 is 2. The Balaban J connectivity index is 1.68. The molecule has 2 amide bonds. The van der Waals surface area contributed by atoms with Gasteiger partial charge in [0.2, 0.25) is 5.91 Å². The smallest absolute Gasteiger partial charge is 0.263 e. The zero-order chi connectivity index (χ0) is 20.8. The fourth-order valence-corrected chi connectivity index (χ4v) is 3.56. The van der Waals surface area contributed by atoms with Gasteiger partial charge in [0.25, 0.3) is 5.91 Å². The lowest BCUT2D eigenvalue weighted by Crippen LogP contribution is -2.32. The van der Waals surface area contributed by atoms with Crippen LogP contribution in [0.4, 0.5) is 5.69 Å². The van der Waals surface area contributed by atoms with Crippen LogP contribution in [0, 0.1) is 6.92 Å². The van der Waals surface area contributed by atoms with Crippen LogP contribution < -0.4 is 20.1 Å². The summed E-state index contributed by atoms with van der Waals surface area (Å²) in [6, 6.07) is 8.87. The summed E-state index contributed by atoms with van der Waals surface area (Å²) < 4.78 is 10.6. The van der Waals surface area contributed by atoms with Gasteiger partial charge in [-0.25, -0.2) is 4.98 Å². The average molecular weight is 412 g/mol. The summed E-state index contributed by atoms with van der Waals surface area (Å²) in [7, 11) is 3.13. The van der Waals surface area contributed by atoms with Crippen LogP contribution in [0.1, 0.15) is 15.4 Å². The van der Waals surface area contributed by atoms with E-state index in [4.69, 9.17) is 9.47 Å². The lowest BCUT2D eigenvalue weighted by molar-refractivity contribution is -0.115. The fourth-order valence-electron chi connectivity index (χ4n) is 2.58. The van der Waals surface area contributed by atoms with Gasteiger partial charge in [-0.05, 0) is 37.3 Å². The number of aryl methyl sites for hydroxylation is 1. The molecule has 3 rings (SSSR count). The summed E-state index contributed by atoms with van der Waals surface area (Å²) in [5, 5.41) is 5.96. The van der Waals surface area contributed by atoms with Gasteiger partial charge in [-0.3, -0.25) is 14.6 Å². The molecule has 2 N–H and O–H groups in total. The summed E-state index contributed by atoms with van der Waals surface area (Å²) >= 11 is 1.25. The predicted molar refractivity (Wildman–Crippen MR) is 111 cm³/mol. The van der Waals surface area contributed by atoms with Gasteiger partial charge in [0.15, 0.2) is 11.5 Å². The van der Waals surface area contributed by atoms with Gasteiger partial charge in [0, 0.05) is 11.8 Å². The van der Waals surface area contributed by atoms with Crippen LogP contribution in [0.15, 0.2) is 42.7 Å². The number of carbonyl (C=O) groups excluding carboxylic acids is 2. The fraction of sp³-hybridized carbons (Fsp3) is 0.200. The number of carbonyl (C=O) groups is 2. The molecule has 1 aromatic carbocycles. The Morgan fingerprint density at radius 2 is 1.93 bits per heavy atom. The monoisotopic (exact) mass is 412 g/mol. The van der Waals surface area contributed by atoms with E-state index in [9.17, 15) is 9.59 Å². The minimum absolute atomic E-state index is 0.156. The first-order chi connectivity index (χ1) is 14.0. The van der Waals surface area contributed by atoms with Gasteiger partial charge >= 0.3 is 0 Å². The van der Waals surface area contributed by atoms with E-state index in [1.54, 1.807) is 51.6 Å². The van der Waals surface area contributed by atoms with E-state index in [2.05, 4.69) is 20.6 Å². The maximum atomic E-state index is 12.5. The van der Waals surface area contributed by atoms with Crippen LogP contribution in [-0.2, 0) is 4.79 Å².